The van der Waals surface area contributed by atoms with Crippen LogP contribution >= 0.6 is 0 Å². The molecule has 0 aromatic heterocycles. The number of hydrogen-bond donors (Lipinski definition) is 0. The highest BCUT2D eigenvalue weighted by atomic mass is 28.6. The molecular weight excluding hydrogens is 1320 g/mol. The van der Waals surface area contributed by atoms with Gasteiger partial charge in [0.05, 0.1) is 13.2 Å². The van der Waals surface area contributed by atoms with E-state index in [2.05, 4.69) is 13.2 Å². The summed E-state index contributed by atoms with van der Waals surface area (Å²) < 4.78 is 120. The Morgan fingerprint density at radius 3 is 0.890 bits per heavy atom. The van der Waals surface area contributed by atoms with E-state index in [4.69, 9.17) is 63.0 Å². The van der Waals surface area contributed by atoms with Crippen molar-refractivity contribution in [3.8, 4) is 0 Å². The normalized spacial score (nSPS) is 29.8. The number of ether oxygens (including phenoxy) is 2. The molecule has 4 aliphatic rings. The minimum Gasteiger partial charge on any atom is -0.462 e. The summed E-state index contributed by atoms with van der Waals surface area (Å²) in [5.41, 5.74) is 0.518. The Labute approximate surface area is 543 Å². The van der Waals surface area contributed by atoms with Crippen LogP contribution in [0.1, 0.15) is 26.7 Å². The second-order valence-corrected chi connectivity index (χ2v) is 52.2. The molecule has 0 radical (unpaired) electrons. The van der Waals surface area contributed by atoms with E-state index in [0.29, 0.717) is 36.3 Å². The predicted octanol–water partition coefficient (Wildman–Crippen LogP) is 5.75. The summed E-state index contributed by atoms with van der Waals surface area (Å²) in [6.45, 7) is 14.8. The lowest BCUT2D eigenvalue weighted by molar-refractivity contribution is -0.139. The largest absolute Gasteiger partial charge is 0.515 e. The number of esters is 2. The lowest BCUT2D eigenvalue weighted by atomic mass is 10.4. The molecule has 4 aliphatic heterocycles. The highest BCUT2D eigenvalue weighted by molar-refractivity contribution is 7.09. The van der Waals surface area contributed by atoms with Crippen LogP contribution < -0.4 is 41.5 Å². The molecule has 8 unspecified atom stereocenters. The van der Waals surface area contributed by atoms with Gasteiger partial charge in [0, 0.05) is 42.3 Å². The van der Waals surface area contributed by atoms with Gasteiger partial charge in [-0.3, -0.25) is 0 Å². The lowest BCUT2D eigenvalue weighted by Crippen LogP contribution is -2.89. The first kappa shape index (κ1) is 64.9. The molecule has 8 aromatic rings. The Morgan fingerprint density at radius 1 is 0.330 bits per heavy atom. The van der Waals surface area contributed by atoms with Gasteiger partial charge in [-0.1, -0.05) is 256 Å². The second kappa shape index (κ2) is 27.4. The molecule has 91 heavy (non-hydrogen) atoms. The fourth-order valence-electron chi connectivity index (χ4n) is 11.1. The van der Waals surface area contributed by atoms with Gasteiger partial charge in [0.2, 0.25) is 0 Å². The number of hydrogen-bond acceptors (Lipinski definition) is 17. The summed E-state index contributed by atoms with van der Waals surface area (Å²) in [6.07, 6.45) is 0.518. The number of benzene rings is 8. The van der Waals surface area contributed by atoms with Crippen molar-refractivity contribution in [3.63, 3.8) is 0 Å². The van der Waals surface area contributed by atoms with E-state index < -0.39 is 100 Å². The van der Waals surface area contributed by atoms with Crippen molar-refractivity contribution in [2.75, 3.05) is 13.2 Å². The maximum absolute atomic E-state index is 13.2. The zero-order valence-electron chi connectivity index (χ0n) is 50.8. The smallest absolute Gasteiger partial charge is 0.462 e. The fraction of sp³-hybridized carbons (Fsp3) is 0.156. The van der Waals surface area contributed by atoms with Crippen molar-refractivity contribution in [3.05, 3.63) is 267 Å². The molecule has 0 N–H and O–H groups in total. The zero-order valence-corrected chi connectivity index (χ0v) is 61.2. The van der Waals surface area contributed by atoms with Gasteiger partial charge in [0.15, 0.2) is 0 Å². The molecule has 6 bridgehead atoms. The van der Waals surface area contributed by atoms with Crippen LogP contribution in [0, 0.1) is 0 Å². The summed E-state index contributed by atoms with van der Waals surface area (Å²) in [6, 6.07) is 77.2. The Kier molecular flexibility index (Phi) is 19.6. The summed E-state index contributed by atoms with van der Waals surface area (Å²) >= 11 is 0. The molecule has 0 saturated carbocycles. The zero-order chi connectivity index (χ0) is 63.2. The maximum atomic E-state index is 13.2. The van der Waals surface area contributed by atoms with E-state index in [-0.39, 0.29) is 49.3 Å². The molecule has 468 valence electrons. The van der Waals surface area contributed by atoms with E-state index in [1.54, 1.807) is 13.8 Å². The van der Waals surface area contributed by atoms with E-state index in [0.717, 1.165) is 5.19 Å². The third-order valence-electron chi connectivity index (χ3n) is 15.4. The maximum Gasteiger partial charge on any atom is 0.515 e. The minimum absolute atomic E-state index is 0.00242. The number of carbonyl (C=O) groups excluding carboxylic acids is 2. The third kappa shape index (κ3) is 14.1. The van der Waals surface area contributed by atoms with Gasteiger partial charge in [-0.2, -0.15) is 0 Å². The van der Waals surface area contributed by atoms with Crippen LogP contribution in [-0.4, -0.2) is 114 Å². The average molecular weight is 1390 g/mol. The van der Waals surface area contributed by atoms with Crippen LogP contribution in [0.4, 0.5) is 0 Å². The van der Waals surface area contributed by atoms with E-state index >= 15 is 0 Å². The van der Waals surface area contributed by atoms with Gasteiger partial charge < -0.3 is 63.0 Å². The van der Waals surface area contributed by atoms with Crippen LogP contribution in [0.25, 0.3) is 0 Å². The van der Waals surface area contributed by atoms with Crippen molar-refractivity contribution in [1.82, 2.24) is 0 Å². The van der Waals surface area contributed by atoms with Gasteiger partial charge in [-0.15, -0.1) is 0 Å². The Hall–Kier alpha value is -6.17. The van der Waals surface area contributed by atoms with Crippen molar-refractivity contribution >= 4 is 142 Å². The van der Waals surface area contributed by atoms with Crippen LogP contribution in [0.15, 0.2) is 267 Å². The van der Waals surface area contributed by atoms with Gasteiger partial charge >= 0.3 is 100 Å². The highest BCUT2D eigenvalue weighted by Gasteiger charge is 2.78. The Balaban J connectivity index is 1.28. The van der Waals surface area contributed by atoms with E-state index in [9.17, 15) is 9.59 Å². The number of carbonyl (C=O) groups is 2. The molecule has 0 spiro atoms. The van der Waals surface area contributed by atoms with Crippen LogP contribution in [-0.2, 0) is 72.6 Å². The molecule has 10 atom stereocenters. The Morgan fingerprint density at radius 2 is 0.560 bits per heavy atom. The minimum atomic E-state index is -5.25. The molecule has 4 fully saturated rings. The quantitative estimate of drug-likeness (QED) is 0.0440. The Bertz CT molecular complexity index is 3780. The van der Waals surface area contributed by atoms with Gasteiger partial charge in [0.1, 0.15) is 0 Å². The first-order valence-corrected chi connectivity index (χ1v) is 48.5. The number of rotatable bonds is 18. The van der Waals surface area contributed by atoms with Crippen molar-refractivity contribution < 1.29 is 72.6 Å². The molecule has 27 heteroatoms. The molecule has 17 nitrogen and oxygen atoms in total. The molecule has 12 rings (SSSR count). The van der Waals surface area contributed by atoms with Crippen LogP contribution in [0.2, 0.25) is 25.2 Å². The number of fused-ring (bicyclic) bond motifs is 6. The summed E-state index contributed by atoms with van der Waals surface area (Å²) in [5, 5.41) is 4.36. The van der Waals surface area contributed by atoms with Crippen molar-refractivity contribution in [1.29, 1.82) is 0 Å². The monoisotopic (exact) mass is 1390 g/mol. The molecular formula is C64H70O17Si10. The molecule has 8 aromatic carbocycles. The topological polar surface area (TPSA) is 173 Å². The van der Waals surface area contributed by atoms with Crippen LogP contribution in [0.5, 0.6) is 0 Å². The van der Waals surface area contributed by atoms with Crippen molar-refractivity contribution in [2.24, 2.45) is 0 Å². The van der Waals surface area contributed by atoms with E-state index in [1.807, 2.05) is 256 Å². The van der Waals surface area contributed by atoms with E-state index in [1.165, 1.54) is 0 Å². The standard InChI is InChI=1S/C64H70O17Si10/c1-53(2)63(65)67-49-31-51-84(5)69-82(55-33-15-7-16-34-55)70-87(58-39-21-10-22-40-58)76-86(57-37-19-9-20-38-57)71-83(56-35-17-8-18-36-56)72-88(59-41-23-11-24-42-59)77-89(73-84,60-43-25-12-26-44-60)80-91(79-87,62-47-29-14-30-48-62)81-90(78-88,61-45-27-13-28-46-61)75-85(6,74-86)52-32-50-68-64(66)54(3)4/h7-30,33-48,82-83H,1,3,31-32,49-52H2,2,4-6H3/t82?,83?,84-,85+,86?,87?,88?,89?,90?,91?/m1/s1. The summed E-state index contributed by atoms with van der Waals surface area (Å²) in [4.78, 5) is 26.3. The molecule has 4 saturated heterocycles. The second-order valence-electron chi connectivity index (χ2n) is 22.7. The highest BCUT2D eigenvalue weighted by Crippen LogP contribution is 2.44. The molecule has 0 aliphatic carbocycles. The lowest BCUT2D eigenvalue weighted by Gasteiger charge is -2.57. The predicted molar refractivity (Wildman–Crippen MR) is 365 cm³/mol. The molecule has 0 amide bonds. The molecule has 4 heterocycles. The average Bonchev–Trinajstić information content (AvgIpc) is 0.695. The van der Waals surface area contributed by atoms with Crippen molar-refractivity contribution in [2.45, 2.75) is 51.9 Å². The van der Waals surface area contributed by atoms with Gasteiger partial charge in [-0.25, -0.2) is 9.59 Å². The SMILES string of the molecule is C=C(C)C(=O)OCCC[Si@@]1(C)O[Si]2(c3ccccc3)O[SiH](c3ccccc3)O[Si]3(c4ccccc4)O[Si](c4ccccc4)(O[Si]4(c5ccccc5)O[Si](c5ccccc5)(O[SiH](c5ccccc5)O[Si@@](C)(CCCOC(=O)C(=C)C)O[Si](c5ccccc5)(O3)O4)O2)O1. The first-order chi connectivity index (χ1) is 44.0. The summed E-state index contributed by atoms with van der Waals surface area (Å²) in [7, 11) is -46.4. The van der Waals surface area contributed by atoms with Crippen LogP contribution in [0.3, 0.4) is 0 Å². The first-order valence-electron chi connectivity index (χ1n) is 30.1. The third-order valence-corrected chi connectivity index (χ3v) is 56.5. The van der Waals surface area contributed by atoms with Gasteiger partial charge in [0.25, 0.3) is 0 Å². The summed E-state index contributed by atoms with van der Waals surface area (Å²) in [5.74, 6) is -1.07. The fourth-order valence-corrected chi connectivity index (χ4v) is 63.1. The van der Waals surface area contributed by atoms with Gasteiger partial charge in [-0.05, 0) is 62.2 Å².